The normalized spacial score (nSPS) is 22.3. The van der Waals surface area contributed by atoms with Gasteiger partial charge in [0.05, 0.1) is 25.1 Å². The number of benzene rings is 1. The second-order valence-corrected chi connectivity index (χ2v) is 6.78. The SMILES string of the molecule is COc1ccccc1NC(=O)Cc1noc(C2CCCCC2(C)N)n1.Cl. The van der Waals surface area contributed by atoms with E-state index in [4.69, 9.17) is 15.0 Å². The third kappa shape index (κ3) is 4.53. The number of halogens is 1. The van der Waals surface area contributed by atoms with Crippen molar-refractivity contribution in [3.8, 4) is 5.75 Å². The average Bonchev–Trinajstić information content (AvgIpc) is 3.02. The van der Waals surface area contributed by atoms with Gasteiger partial charge in [-0.3, -0.25) is 4.79 Å². The number of carbonyl (C=O) groups is 1. The summed E-state index contributed by atoms with van der Waals surface area (Å²) in [5.74, 6) is 1.31. The van der Waals surface area contributed by atoms with Crippen molar-refractivity contribution in [2.45, 2.75) is 50.5 Å². The zero-order chi connectivity index (χ0) is 17.9. The molecule has 0 bridgehead atoms. The van der Waals surface area contributed by atoms with E-state index in [1.165, 1.54) is 0 Å². The Morgan fingerprint density at radius 2 is 2.19 bits per heavy atom. The summed E-state index contributed by atoms with van der Waals surface area (Å²) < 4.78 is 10.6. The number of hydrogen-bond donors (Lipinski definition) is 2. The monoisotopic (exact) mass is 380 g/mol. The van der Waals surface area contributed by atoms with E-state index in [0.29, 0.717) is 23.2 Å². The molecule has 1 saturated carbocycles. The molecule has 1 amide bonds. The Kier molecular flexibility index (Phi) is 6.61. The first-order valence-electron chi connectivity index (χ1n) is 8.54. The van der Waals surface area contributed by atoms with E-state index in [0.717, 1.165) is 25.7 Å². The fourth-order valence-corrected chi connectivity index (χ4v) is 3.33. The Morgan fingerprint density at radius 3 is 2.92 bits per heavy atom. The molecule has 26 heavy (non-hydrogen) atoms. The highest BCUT2D eigenvalue weighted by Gasteiger charge is 2.37. The molecule has 3 N–H and O–H groups in total. The van der Waals surface area contributed by atoms with E-state index in [9.17, 15) is 4.79 Å². The van der Waals surface area contributed by atoms with Crippen molar-refractivity contribution < 1.29 is 14.1 Å². The lowest BCUT2D eigenvalue weighted by molar-refractivity contribution is -0.115. The third-order valence-electron chi connectivity index (χ3n) is 4.74. The van der Waals surface area contributed by atoms with Gasteiger partial charge in [-0.15, -0.1) is 12.4 Å². The summed E-state index contributed by atoms with van der Waals surface area (Å²) in [5.41, 5.74) is 6.64. The van der Waals surface area contributed by atoms with Gasteiger partial charge in [-0.05, 0) is 31.9 Å². The van der Waals surface area contributed by atoms with E-state index in [2.05, 4.69) is 15.5 Å². The largest absolute Gasteiger partial charge is 0.495 e. The van der Waals surface area contributed by atoms with Gasteiger partial charge >= 0.3 is 0 Å². The van der Waals surface area contributed by atoms with Crippen molar-refractivity contribution in [1.82, 2.24) is 10.1 Å². The molecule has 0 saturated heterocycles. The zero-order valence-corrected chi connectivity index (χ0v) is 15.8. The van der Waals surface area contributed by atoms with Crippen LogP contribution in [0.4, 0.5) is 5.69 Å². The van der Waals surface area contributed by atoms with Crippen molar-refractivity contribution in [2.24, 2.45) is 5.73 Å². The van der Waals surface area contributed by atoms with Crippen molar-refractivity contribution >= 4 is 24.0 Å². The molecule has 1 aromatic heterocycles. The van der Waals surface area contributed by atoms with Crippen molar-refractivity contribution in [3.63, 3.8) is 0 Å². The Morgan fingerprint density at radius 1 is 1.42 bits per heavy atom. The number of methoxy groups -OCH3 is 1. The van der Waals surface area contributed by atoms with Crippen LogP contribution in [0.3, 0.4) is 0 Å². The highest BCUT2D eigenvalue weighted by atomic mass is 35.5. The maximum atomic E-state index is 12.2. The molecule has 8 heteroatoms. The lowest BCUT2D eigenvalue weighted by atomic mass is 9.74. The molecule has 0 radical (unpaired) electrons. The molecule has 1 aliphatic rings. The summed E-state index contributed by atoms with van der Waals surface area (Å²) in [6, 6.07) is 7.23. The molecule has 7 nitrogen and oxygen atoms in total. The molecule has 1 heterocycles. The van der Waals surface area contributed by atoms with Crippen molar-refractivity contribution in [1.29, 1.82) is 0 Å². The minimum absolute atomic E-state index is 0. The number of aromatic nitrogens is 2. The van der Waals surface area contributed by atoms with E-state index in [1.807, 2.05) is 19.1 Å². The van der Waals surface area contributed by atoms with Crippen LogP contribution in [0, 0.1) is 0 Å². The van der Waals surface area contributed by atoms with Crippen LogP contribution < -0.4 is 15.8 Å². The first-order valence-corrected chi connectivity index (χ1v) is 8.54. The number of hydrogen-bond acceptors (Lipinski definition) is 6. The number of nitrogens with zero attached hydrogens (tertiary/aromatic N) is 2. The van der Waals surface area contributed by atoms with Crippen molar-refractivity contribution in [2.75, 3.05) is 12.4 Å². The Balaban J connectivity index is 0.00000243. The van der Waals surface area contributed by atoms with Gasteiger partial charge in [-0.2, -0.15) is 4.98 Å². The number of para-hydroxylation sites is 2. The molecule has 2 atom stereocenters. The summed E-state index contributed by atoms with van der Waals surface area (Å²) >= 11 is 0. The van der Waals surface area contributed by atoms with Crippen LogP contribution in [-0.2, 0) is 11.2 Å². The second-order valence-electron chi connectivity index (χ2n) is 6.78. The first-order chi connectivity index (χ1) is 12.0. The van der Waals surface area contributed by atoms with Gasteiger partial charge in [0, 0.05) is 5.54 Å². The average molecular weight is 381 g/mol. The minimum Gasteiger partial charge on any atom is -0.495 e. The fraction of sp³-hybridized carbons (Fsp3) is 0.500. The summed E-state index contributed by atoms with van der Waals surface area (Å²) in [6.07, 6.45) is 4.12. The molecular weight excluding hydrogens is 356 g/mol. The third-order valence-corrected chi connectivity index (χ3v) is 4.74. The van der Waals surface area contributed by atoms with Gasteiger partial charge in [0.2, 0.25) is 11.8 Å². The minimum atomic E-state index is -0.346. The molecule has 0 spiro atoms. The molecule has 2 aromatic rings. The smallest absolute Gasteiger partial charge is 0.232 e. The maximum Gasteiger partial charge on any atom is 0.232 e. The van der Waals surface area contributed by atoms with Gasteiger partial charge in [0.25, 0.3) is 0 Å². The summed E-state index contributed by atoms with van der Waals surface area (Å²) in [4.78, 5) is 16.7. The molecule has 2 unspecified atom stereocenters. The lowest BCUT2D eigenvalue weighted by Crippen LogP contribution is -2.44. The summed E-state index contributed by atoms with van der Waals surface area (Å²) in [5, 5.41) is 6.75. The number of nitrogens with one attached hydrogen (secondary N) is 1. The molecule has 3 rings (SSSR count). The number of amides is 1. The standard InChI is InChI=1S/C18H24N4O3.ClH/c1-18(19)10-6-5-7-12(18)17-21-15(22-25-17)11-16(23)20-13-8-3-4-9-14(13)24-2;/h3-4,8-9,12H,5-7,10-11,19H2,1-2H3,(H,20,23);1H. The van der Waals surface area contributed by atoms with Crippen LogP contribution in [0.1, 0.15) is 50.2 Å². The fourth-order valence-electron chi connectivity index (χ4n) is 3.33. The van der Waals surface area contributed by atoms with Gasteiger partial charge in [0.15, 0.2) is 5.82 Å². The zero-order valence-electron chi connectivity index (χ0n) is 15.0. The predicted octanol–water partition coefficient (Wildman–Crippen LogP) is 3.06. The van der Waals surface area contributed by atoms with Gasteiger partial charge in [-0.25, -0.2) is 0 Å². The quantitative estimate of drug-likeness (QED) is 0.826. The first kappa shape index (κ1) is 20.2. The van der Waals surface area contributed by atoms with Crippen LogP contribution >= 0.6 is 12.4 Å². The van der Waals surface area contributed by atoms with Crippen LogP contribution in [-0.4, -0.2) is 28.7 Å². The highest BCUT2D eigenvalue weighted by Crippen LogP contribution is 2.38. The number of nitrogens with two attached hydrogens (primary N) is 1. The predicted molar refractivity (Wildman–Crippen MR) is 101 cm³/mol. The van der Waals surface area contributed by atoms with E-state index in [1.54, 1.807) is 19.2 Å². The lowest BCUT2D eigenvalue weighted by Gasteiger charge is -2.35. The van der Waals surface area contributed by atoms with E-state index in [-0.39, 0.29) is 36.2 Å². The van der Waals surface area contributed by atoms with Crippen LogP contribution in [0.15, 0.2) is 28.8 Å². The Hall–Kier alpha value is -2.12. The van der Waals surface area contributed by atoms with Gasteiger partial charge in [0.1, 0.15) is 5.75 Å². The van der Waals surface area contributed by atoms with Crippen LogP contribution in [0.2, 0.25) is 0 Å². The molecule has 0 aliphatic heterocycles. The van der Waals surface area contributed by atoms with Crippen LogP contribution in [0.25, 0.3) is 0 Å². The number of anilines is 1. The second kappa shape index (κ2) is 8.51. The van der Waals surface area contributed by atoms with E-state index >= 15 is 0 Å². The summed E-state index contributed by atoms with van der Waals surface area (Å²) in [6.45, 7) is 2.02. The van der Waals surface area contributed by atoms with Gasteiger partial charge in [-0.1, -0.05) is 30.1 Å². The van der Waals surface area contributed by atoms with Crippen molar-refractivity contribution in [3.05, 3.63) is 36.0 Å². The molecule has 1 aromatic carbocycles. The van der Waals surface area contributed by atoms with Crippen LogP contribution in [0.5, 0.6) is 5.75 Å². The topological polar surface area (TPSA) is 103 Å². The number of carbonyl (C=O) groups excluding carboxylic acids is 1. The molecule has 1 fully saturated rings. The number of ether oxygens (including phenoxy) is 1. The van der Waals surface area contributed by atoms with E-state index < -0.39 is 0 Å². The molecule has 142 valence electrons. The van der Waals surface area contributed by atoms with Gasteiger partial charge < -0.3 is 20.3 Å². The molecular formula is C18H25ClN4O3. The number of rotatable bonds is 5. The Bertz CT molecular complexity index is 748. The Labute approximate surface area is 159 Å². The maximum absolute atomic E-state index is 12.2. The highest BCUT2D eigenvalue weighted by molar-refractivity contribution is 5.93. The summed E-state index contributed by atoms with van der Waals surface area (Å²) in [7, 11) is 1.56. The molecule has 1 aliphatic carbocycles.